The van der Waals surface area contributed by atoms with Gasteiger partial charge in [-0.3, -0.25) is 0 Å². The minimum atomic E-state index is -0.829. The van der Waals surface area contributed by atoms with Crippen molar-refractivity contribution in [2.24, 2.45) is 0 Å². The molecule has 1 unspecified atom stereocenters. The zero-order chi connectivity index (χ0) is 6.41. The molecule has 0 aliphatic carbocycles. The number of aliphatic hydroxyl groups excluding tert-OH is 2. The lowest BCUT2D eigenvalue weighted by Crippen LogP contribution is -2.19. The largest absolute Gasteiger partial charge is 0.422 e. The van der Waals surface area contributed by atoms with Crippen LogP contribution in [0.3, 0.4) is 0 Å². The first-order valence-electron chi connectivity index (χ1n) is 2.13. The van der Waals surface area contributed by atoms with E-state index in [9.17, 15) is 0 Å². The summed E-state index contributed by atoms with van der Waals surface area (Å²) in [5, 5.41) is 16.7. The molecule has 0 rings (SSSR count). The summed E-state index contributed by atoms with van der Waals surface area (Å²) in [4.78, 5) is 0. The van der Waals surface area contributed by atoms with Gasteiger partial charge in [-0.15, -0.1) is 0 Å². The van der Waals surface area contributed by atoms with Gasteiger partial charge >= 0.3 is 6.90 Å². The third-order valence-electron chi connectivity index (χ3n) is 0.562. The summed E-state index contributed by atoms with van der Waals surface area (Å²) in [5.41, 5.74) is 0. The number of aliphatic hydroxyl groups is 2. The smallest absolute Gasteiger partial charge is 0.414 e. The zero-order valence-electron chi connectivity index (χ0n) is 4.25. The molecule has 0 aromatic rings. The SMILES string of the molecule is OCC(O)CO[B]Cl. The quantitative estimate of drug-likeness (QED) is 0.495. The van der Waals surface area contributed by atoms with Crippen LogP contribution in [0.25, 0.3) is 0 Å². The maximum absolute atomic E-state index is 8.54. The number of hydrogen-bond donors (Lipinski definition) is 2. The summed E-state index contributed by atoms with van der Waals surface area (Å²) < 4.78 is 4.42. The van der Waals surface area contributed by atoms with E-state index in [0.717, 1.165) is 6.90 Å². The van der Waals surface area contributed by atoms with Gasteiger partial charge in [0.15, 0.2) is 0 Å². The van der Waals surface area contributed by atoms with E-state index in [1.54, 1.807) is 0 Å². The minimum Gasteiger partial charge on any atom is -0.422 e. The van der Waals surface area contributed by atoms with Crippen LogP contribution in [0.5, 0.6) is 0 Å². The average molecular weight is 137 g/mol. The first-order chi connectivity index (χ1) is 3.81. The van der Waals surface area contributed by atoms with Crippen LogP contribution in [0.15, 0.2) is 0 Å². The molecule has 0 aliphatic heterocycles. The van der Waals surface area contributed by atoms with Crippen molar-refractivity contribution in [3.05, 3.63) is 0 Å². The van der Waals surface area contributed by atoms with Gasteiger partial charge in [0.1, 0.15) is 0 Å². The Bertz CT molecular complexity index is 53.8. The van der Waals surface area contributed by atoms with Crippen molar-refractivity contribution in [1.82, 2.24) is 0 Å². The summed E-state index contributed by atoms with van der Waals surface area (Å²) in [5.74, 6) is 0. The van der Waals surface area contributed by atoms with E-state index in [-0.39, 0.29) is 13.2 Å². The van der Waals surface area contributed by atoms with Gasteiger partial charge in [-0.25, -0.2) is 0 Å². The molecule has 47 valence electrons. The summed E-state index contributed by atoms with van der Waals surface area (Å²) in [7, 11) is 0. The Hall–Kier alpha value is 0.235. The van der Waals surface area contributed by atoms with Gasteiger partial charge in [0.05, 0.1) is 19.3 Å². The van der Waals surface area contributed by atoms with Crippen LogP contribution in [0.2, 0.25) is 0 Å². The summed E-state index contributed by atoms with van der Waals surface area (Å²) in [6.07, 6.45) is -0.829. The van der Waals surface area contributed by atoms with Crippen molar-refractivity contribution in [3.63, 3.8) is 0 Å². The first-order valence-corrected chi connectivity index (χ1v) is 2.57. The fourth-order valence-electron chi connectivity index (χ4n) is 0.200. The Kier molecular flexibility index (Phi) is 5.53. The monoisotopic (exact) mass is 137 g/mol. The van der Waals surface area contributed by atoms with Gasteiger partial charge in [-0.05, 0) is 0 Å². The van der Waals surface area contributed by atoms with Crippen molar-refractivity contribution < 1.29 is 14.9 Å². The molecule has 5 heteroatoms. The highest BCUT2D eigenvalue weighted by atomic mass is 35.5. The van der Waals surface area contributed by atoms with E-state index < -0.39 is 6.10 Å². The molecular weight excluding hydrogens is 130 g/mol. The molecule has 0 fully saturated rings. The van der Waals surface area contributed by atoms with Gasteiger partial charge in [-0.2, -0.15) is 11.5 Å². The molecule has 2 N–H and O–H groups in total. The van der Waals surface area contributed by atoms with Crippen LogP contribution >= 0.6 is 11.5 Å². The molecule has 0 amide bonds. The van der Waals surface area contributed by atoms with Gasteiger partial charge < -0.3 is 14.9 Å². The second-order valence-electron chi connectivity index (χ2n) is 1.26. The minimum absolute atomic E-state index is 0.0417. The average Bonchev–Trinajstić information content (AvgIpc) is 1.83. The zero-order valence-corrected chi connectivity index (χ0v) is 5.01. The lowest BCUT2D eigenvalue weighted by atomic mass is 10.4. The molecule has 0 aliphatic rings. The van der Waals surface area contributed by atoms with Crippen molar-refractivity contribution in [3.8, 4) is 0 Å². The van der Waals surface area contributed by atoms with Crippen molar-refractivity contribution >= 4 is 18.4 Å². The molecule has 0 aromatic carbocycles. The van der Waals surface area contributed by atoms with Gasteiger partial charge in [0, 0.05) is 0 Å². The van der Waals surface area contributed by atoms with Crippen molar-refractivity contribution in [1.29, 1.82) is 0 Å². The van der Waals surface area contributed by atoms with Crippen LogP contribution in [-0.4, -0.2) is 36.4 Å². The van der Waals surface area contributed by atoms with Crippen molar-refractivity contribution in [2.75, 3.05) is 13.2 Å². The third-order valence-corrected chi connectivity index (χ3v) is 0.688. The molecule has 0 heterocycles. The first kappa shape index (κ1) is 8.23. The van der Waals surface area contributed by atoms with Crippen LogP contribution < -0.4 is 0 Å². The Morgan fingerprint density at radius 1 is 1.75 bits per heavy atom. The number of hydrogen-bond acceptors (Lipinski definition) is 3. The van der Waals surface area contributed by atoms with E-state index in [1.807, 2.05) is 0 Å². The highest BCUT2D eigenvalue weighted by Crippen LogP contribution is 1.82. The molecule has 0 aromatic heterocycles. The van der Waals surface area contributed by atoms with E-state index in [1.165, 1.54) is 0 Å². The maximum atomic E-state index is 8.54. The van der Waals surface area contributed by atoms with E-state index >= 15 is 0 Å². The van der Waals surface area contributed by atoms with E-state index in [2.05, 4.69) is 4.65 Å². The number of rotatable bonds is 4. The molecule has 0 saturated heterocycles. The Morgan fingerprint density at radius 3 is 2.75 bits per heavy atom. The normalized spacial score (nSPS) is 13.4. The van der Waals surface area contributed by atoms with Crippen LogP contribution in [0.1, 0.15) is 0 Å². The molecule has 3 nitrogen and oxygen atoms in total. The molecule has 1 atom stereocenters. The second-order valence-corrected chi connectivity index (χ2v) is 1.44. The maximum Gasteiger partial charge on any atom is 0.414 e. The third kappa shape index (κ3) is 4.40. The highest BCUT2D eigenvalue weighted by Gasteiger charge is 1.99. The lowest BCUT2D eigenvalue weighted by molar-refractivity contribution is 0.0559. The fraction of sp³-hybridized carbons (Fsp3) is 1.00. The predicted octanol–water partition coefficient (Wildman–Crippen LogP) is -0.871. The molecule has 0 bridgehead atoms. The molecule has 1 radical (unpaired) electrons. The van der Waals surface area contributed by atoms with Crippen LogP contribution in [-0.2, 0) is 4.65 Å². The Labute approximate surface area is 53.4 Å². The van der Waals surface area contributed by atoms with Gasteiger partial charge in [0.25, 0.3) is 0 Å². The fourth-order valence-corrected chi connectivity index (χ4v) is 0.273. The topological polar surface area (TPSA) is 49.7 Å². The van der Waals surface area contributed by atoms with Crippen LogP contribution in [0.4, 0.5) is 0 Å². The molecule has 0 spiro atoms. The summed E-state index contributed by atoms with van der Waals surface area (Å²) in [6, 6.07) is 0. The van der Waals surface area contributed by atoms with Gasteiger partial charge in [-0.1, -0.05) is 0 Å². The van der Waals surface area contributed by atoms with E-state index in [4.69, 9.17) is 21.7 Å². The van der Waals surface area contributed by atoms with Crippen molar-refractivity contribution in [2.45, 2.75) is 6.10 Å². The molecular formula is C3H7BClO3. The highest BCUT2D eigenvalue weighted by molar-refractivity contribution is 6.89. The second kappa shape index (κ2) is 5.37. The Balaban J connectivity index is 2.86. The summed E-state index contributed by atoms with van der Waals surface area (Å²) in [6.45, 7) is 0.684. The molecule has 8 heavy (non-hydrogen) atoms. The van der Waals surface area contributed by atoms with Crippen LogP contribution in [0, 0.1) is 0 Å². The predicted molar refractivity (Wildman–Crippen MR) is 30.7 cm³/mol. The Morgan fingerprint density at radius 2 is 2.38 bits per heavy atom. The lowest BCUT2D eigenvalue weighted by Gasteiger charge is -2.03. The standard InChI is InChI=1S/C3H7BClO3/c5-4-8-2-3(7)1-6/h3,6-7H,1-2H2. The summed E-state index contributed by atoms with van der Waals surface area (Å²) >= 11 is 4.96. The van der Waals surface area contributed by atoms with Gasteiger partial charge in [0.2, 0.25) is 0 Å². The molecule has 0 saturated carbocycles. The van der Waals surface area contributed by atoms with E-state index in [0.29, 0.717) is 0 Å². The number of halogens is 1.